The quantitative estimate of drug-likeness (QED) is 0.847. The topological polar surface area (TPSA) is 30.3 Å². The summed E-state index contributed by atoms with van der Waals surface area (Å²) in [6, 6.07) is 2.66. The minimum absolute atomic E-state index is 0.328. The van der Waals surface area contributed by atoms with E-state index in [1.807, 2.05) is 25.0 Å². The van der Waals surface area contributed by atoms with Crippen molar-refractivity contribution in [1.29, 1.82) is 0 Å². The number of hydrogen-bond acceptors (Lipinski definition) is 4. The van der Waals surface area contributed by atoms with E-state index >= 15 is 0 Å². The molecule has 0 amide bonds. The average Bonchev–Trinajstić information content (AvgIpc) is 3.15. The Balaban J connectivity index is 1.72. The number of methoxy groups -OCH3 is 1. The highest BCUT2D eigenvalue weighted by atomic mass is 32.1. The SMILES string of the molecule is CO[C@H]1CCN(Cc2ccsc2)[C@@H]1Cc1cnn(C)c1. The van der Waals surface area contributed by atoms with Crippen LogP contribution < -0.4 is 0 Å². The number of aryl methyl sites for hydroxylation is 1. The monoisotopic (exact) mass is 291 g/mol. The van der Waals surface area contributed by atoms with Crippen LogP contribution >= 0.6 is 11.3 Å². The predicted molar refractivity (Wildman–Crippen MR) is 80.8 cm³/mol. The third-order valence-corrected chi connectivity index (χ3v) is 4.80. The second-order valence-corrected chi connectivity index (χ2v) is 6.24. The zero-order chi connectivity index (χ0) is 13.9. The lowest BCUT2D eigenvalue weighted by Gasteiger charge is -2.27. The normalized spacial score (nSPS) is 23.5. The lowest BCUT2D eigenvalue weighted by atomic mass is 10.0. The molecule has 0 saturated carbocycles. The van der Waals surface area contributed by atoms with Crippen LogP contribution in [0.4, 0.5) is 0 Å². The molecule has 3 rings (SSSR count). The number of aromatic nitrogens is 2. The van der Waals surface area contributed by atoms with E-state index in [1.165, 1.54) is 11.1 Å². The van der Waals surface area contributed by atoms with E-state index in [2.05, 4.69) is 33.0 Å². The molecule has 0 aliphatic carbocycles. The van der Waals surface area contributed by atoms with E-state index < -0.39 is 0 Å². The van der Waals surface area contributed by atoms with E-state index in [-0.39, 0.29) is 0 Å². The molecule has 0 radical (unpaired) electrons. The highest BCUT2D eigenvalue weighted by Gasteiger charge is 2.34. The average molecular weight is 291 g/mol. The summed E-state index contributed by atoms with van der Waals surface area (Å²) in [7, 11) is 3.80. The Kier molecular flexibility index (Phi) is 4.19. The Morgan fingerprint density at radius 2 is 2.35 bits per heavy atom. The molecular weight excluding hydrogens is 270 g/mol. The molecule has 0 bridgehead atoms. The molecule has 2 aromatic rings. The predicted octanol–water partition coefficient (Wildman–Crippen LogP) is 2.31. The first-order valence-electron chi connectivity index (χ1n) is 7.01. The lowest BCUT2D eigenvalue weighted by molar-refractivity contribution is 0.0639. The van der Waals surface area contributed by atoms with Gasteiger partial charge in [0.2, 0.25) is 0 Å². The van der Waals surface area contributed by atoms with E-state index in [4.69, 9.17) is 4.74 Å². The molecule has 2 aromatic heterocycles. The Morgan fingerprint density at radius 1 is 1.45 bits per heavy atom. The van der Waals surface area contributed by atoms with Crippen molar-refractivity contribution in [3.63, 3.8) is 0 Å². The number of thiophene rings is 1. The first-order chi connectivity index (χ1) is 9.76. The van der Waals surface area contributed by atoms with Crippen LogP contribution in [0.5, 0.6) is 0 Å². The molecule has 108 valence electrons. The molecule has 3 heterocycles. The summed E-state index contributed by atoms with van der Waals surface area (Å²) in [6.45, 7) is 2.13. The van der Waals surface area contributed by atoms with E-state index in [0.717, 1.165) is 25.9 Å². The van der Waals surface area contributed by atoms with E-state index in [9.17, 15) is 0 Å². The Bertz CT molecular complexity index is 537. The molecular formula is C15H21N3OS. The van der Waals surface area contributed by atoms with Crippen molar-refractivity contribution >= 4 is 11.3 Å². The van der Waals surface area contributed by atoms with Crippen molar-refractivity contribution < 1.29 is 4.74 Å². The maximum atomic E-state index is 5.69. The maximum absolute atomic E-state index is 5.69. The number of nitrogens with zero attached hydrogens (tertiary/aromatic N) is 3. The van der Waals surface area contributed by atoms with Gasteiger partial charge in [0.05, 0.1) is 12.3 Å². The molecule has 0 aromatic carbocycles. The fraction of sp³-hybridized carbons (Fsp3) is 0.533. The van der Waals surface area contributed by atoms with Crippen molar-refractivity contribution in [1.82, 2.24) is 14.7 Å². The molecule has 1 fully saturated rings. The van der Waals surface area contributed by atoms with Crippen molar-refractivity contribution in [3.05, 3.63) is 40.3 Å². The number of likely N-dealkylation sites (tertiary alicyclic amines) is 1. The first-order valence-corrected chi connectivity index (χ1v) is 7.96. The van der Waals surface area contributed by atoms with Gasteiger partial charge in [-0.2, -0.15) is 16.4 Å². The fourth-order valence-electron chi connectivity index (χ4n) is 3.05. The highest BCUT2D eigenvalue weighted by Crippen LogP contribution is 2.26. The largest absolute Gasteiger partial charge is 0.380 e. The zero-order valence-corrected chi connectivity index (χ0v) is 12.8. The Hall–Kier alpha value is -1.17. The number of ether oxygens (including phenoxy) is 1. The molecule has 4 nitrogen and oxygen atoms in total. The first kappa shape index (κ1) is 13.8. The van der Waals surface area contributed by atoms with Crippen LogP contribution in [0.15, 0.2) is 29.2 Å². The lowest BCUT2D eigenvalue weighted by Crippen LogP contribution is -2.37. The van der Waals surface area contributed by atoms with Crippen LogP contribution in [-0.4, -0.2) is 40.5 Å². The van der Waals surface area contributed by atoms with Gasteiger partial charge in [-0.25, -0.2) is 0 Å². The zero-order valence-electron chi connectivity index (χ0n) is 12.0. The highest BCUT2D eigenvalue weighted by molar-refractivity contribution is 7.07. The summed E-state index contributed by atoms with van der Waals surface area (Å²) in [5, 5.41) is 8.65. The van der Waals surface area contributed by atoms with Crippen molar-refractivity contribution in [2.45, 2.75) is 31.5 Å². The Morgan fingerprint density at radius 3 is 3.00 bits per heavy atom. The van der Waals surface area contributed by atoms with Gasteiger partial charge in [0.25, 0.3) is 0 Å². The second-order valence-electron chi connectivity index (χ2n) is 5.46. The maximum Gasteiger partial charge on any atom is 0.0742 e. The van der Waals surface area contributed by atoms with Gasteiger partial charge in [-0.05, 0) is 40.8 Å². The van der Waals surface area contributed by atoms with Gasteiger partial charge in [-0.1, -0.05) is 0 Å². The van der Waals surface area contributed by atoms with Gasteiger partial charge < -0.3 is 4.74 Å². The molecule has 5 heteroatoms. The smallest absolute Gasteiger partial charge is 0.0742 e. The molecule has 0 unspecified atom stereocenters. The minimum atomic E-state index is 0.328. The summed E-state index contributed by atoms with van der Waals surface area (Å²) in [5.41, 5.74) is 2.69. The molecule has 0 N–H and O–H groups in total. The summed E-state index contributed by atoms with van der Waals surface area (Å²) in [6.07, 6.45) is 6.53. The van der Waals surface area contributed by atoms with Crippen LogP contribution in [0.2, 0.25) is 0 Å². The Labute approximate surface area is 124 Å². The fourth-order valence-corrected chi connectivity index (χ4v) is 3.71. The molecule has 1 aliphatic rings. The standard InChI is InChI=1S/C15H21N3OS/c1-17-9-13(8-16-17)7-14-15(19-2)3-5-18(14)10-12-4-6-20-11-12/h4,6,8-9,11,14-15H,3,5,7,10H2,1-2H3/t14-,15+/m1/s1. The van der Waals surface area contributed by atoms with Gasteiger partial charge in [0, 0.05) is 39.5 Å². The molecule has 0 spiro atoms. The van der Waals surface area contributed by atoms with E-state index in [0.29, 0.717) is 12.1 Å². The van der Waals surface area contributed by atoms with Crippen LogP contribution in [0.1, 0.15) is 17.5 Å². The van der Waals surface area contributed by atoms with Gasteiger partial charge in [-0.3, -0.25) is 9.58 Å². The summed E-state index contributed by atoms with van der Waals surface area (Å²) >= 11 is 1.77. The van der Waals surface area contributed by atoms with Crippen LogP contribution in [0, 0.1) is 0 Å². The third-order valence-electron chi connectivity index (χ3n) is 4.07. The minimum Gasteiger partial charge on any atom is -0.380 e. The summed E-state index contributed by atoms with van der Waals surface area (Å²) in [4.78, 5) is 2.54. The third kappa shape index (κ3) is 2.95. The van der Waals surface area contributed by atoms with Crippen molar-refractivity contribution in [2.75, 3.05) is 13.7 Å². The molecule has 1 aliphatic heterocycles. The summed E-state index contributed by atoms with van der Waals surface area (Å²) in [5.74, 6) is 0. The molecule has 2 atom stereocenters. The van der Waals surface area contributed by atoms with Gasteiger partial charge in [0.1, 0.15) is 0 Å². The van der Waals surface area contributed by atoms with Crippen molar-refractivity contribution in [3.8, 4) is 0 Å². The van der Waals surface area contributed by atoms with Gasteiger partial charge in [0.15, 0.2) is 0 Å². The summed E-state index contributed by atoms with van der Waals surface area (Å²) < 4.78 is 7.56. The van der Waals surface area contributed by atoms with E-state index in [1.54, 1.807) is 11.3 Å². The number of hydrogen-bond donors (Lipinski definition) is 0. The van der Waals surface area contributed by atoms with Gasteiger partial charge >= 0.3 is 0 Å². The van der Waals surface area contributed by atoms with Crippen LogP contribution in [0.3, 0.4) is 0 Å². The van der Waals surface area contributed by atoms with Gasteiger partial charge in [-0.15, -0.1) is 0 Å². The molecule has 1 saturated heterocycles. The second kappa shape index (κ2) is 6.08. The van der Waals surface area contributed by atoms with Crippen molar-refractivity contribution in [2.24, 2.45) is 7.05 Å². The van der Waals surface area contributed by atoms with Crippen LogP contribution in [-0.2, 0) is 24.8 Å². The molecule has 20 heavy (non-hydrogen) atoms. The number of rotatable bonds is 5. The van der Waals surface area contributed by atoms with Crippen LogP contribution in [0.25, 0.3) is 0 Å².